The van der Waals surface area contributed by atoms with Crippen molar-refractivity contribution in [1.29, 1.82) is 0 Å². The molecule has 0 bridgehead atoms. The third-order valence-electron chi connectivity index (χ3n) is 5.54. The number of hydrogen-bond acceptors (Lipinski definition) is 5. The molecule has 0 aliphatic heterocycles. The number of anilines is 1. The number of phenolic OH excluding ortho intramolecular Hbond substituents is 1. The highest BCUT2D eigenvalue weighted by molar-refractivity contribution is 6.09. The molecule has 1 amide bonds. The number of rotatable bonds is 10. The third kappa shape index (κ3) is 6.75. The topological polar surface area (TPSA) is 82.5 Å². The number of carbonyl (C=O) groups excluding carboxylic acids is 2. The van der Waals surface area contributed by atoms with Crippen molar-refractivity contribution in [3.05, 3.63) is 65.9 Å². The van der Waals surface area contributed by atoms with E-state index in [0.717, 1.165) is 23.1 Å². The van der Waals surface area contributed by atoms with Crippen LogP contribution in [-0.4, -0.2) is 49.1 Å². The van der Waals surface area contributed by atoms with Crippen LogP contribution in [0.1, 0.15) is 42.6 Å². The van der Waals surface area contributed by atoms with Crippen molar-refractivity contribution in [1.82, 2.24) is 10.3 Å². The molecule has 33 heavy (non-hydrogen) atoms. The van der Waals surface area contributed by atoms with E-state index in [1.807, 2.05) is 32.9 Å². The van der Waals surface area contributed by atoms with Crippen molar-refractivity contribution in [2.45, 2.75) is 39.7 Å². The monoisotopic (exact) mass is 455 g/mol. The maximum absolute atomic E-state index is 13.0. The number of hydrogen-bond donors (Lipinski definition) is 2. The maximum Gasteiger partial charge on any atom is 0.255 e. The average molecular weight is 456 g/mol. The number of fused-ring (bicyclic) bond motifs is 1. The highest BCUT2D eigenvalue weighted by Crippen LogP contribution is 2.39. The van der Waals surface area contributed by atoms with Gasteiger partial charge in [0.25, 0.3) is 5.91 Å². The van der Waals surface area contributed by atoms with Crippen molar-refractivity contribution >= 4 is 29.3 Å². The smallest absolute Gasteiger partial charge is 0.255 e. The van der Waals surface area contributed by atoms with E-state index >= 15 is 0 Å². The first-order valence-electron chi connectivity index (χ1n) is 10.7. The lowest BCUT2D eigenvalue weighted by atomic mass is 9.98. The minimum Gasteiger partial charge on any atom is -0.505 e. The molecule has 1 atom stereocenters. The number of amides is 1. The number of nitrogens with one attached hydrogen (secondary N) is 1. The summed E-state index contributed by atoms with van der Waals surface area (Å²) in [6, 6.07) is 3.98. The highest BCUT2D eigenvalue weighted by Gasteiger charge is 2.25. The minimum absolute atomic E-state index is 0.120. The van der Waals surface area contributed by atoms with Gasteiger partial charge in [0.1, 0.15) is 19.0 Å². The lowest BCUT2D eigenvalue weighted by Gasteiger charge is -2.30. The quantitative estimate of drug-likeness (QED) is 0.490. The van der Waals surface area contributed by atoms with Crippen molar-refractivity contribution in [2.75, 3.05) is 25.2 Å². The SMILES string of the molecule is C=C(/C=C\C(=C)CCNC(=O)c1c(C)c(N(C)C(C)CC)c2cccnc2c1O)CF.C=O. The molecule has 1 aromatic carbocycles. The Morgan fingerprint density at radius 2 is 1.94 bits per heavy atom. The van der Waals surface area contributed by atoms with E-state index in [2.05, 4.69) is 42.2 Å². The summed E-state index contributed by atoms with van der Waals surface area (Å²) >= 11 is 0. The van der Waals surface area contributed by atoms with Crippen LogP contribution in [0.4, 0.5) is 10.1 Å². The van der Waals surface area contributed by atoms with Gasteiger partial charge in [-0.25, -0.2) is 4.39 Å². The summed E-state index contributed by atoms with van der Waals surface area (Å²) in [5, 5.41) is 14.5. The zero-order chi connectivity index (χ0) is 25.1. The Morgan fingerprint density at radius 3 is 2.55 bits per heavy atom. The molecule has 7 heteroatoms. The maximum atomic E-state index is 13.0. The van der Waals surface area contributed by atoms with Gasteiger partial charge in [0.2, 0.25) is 0 Å². The number of aromatic nitrogens is 1. The number of alkyl halides is 1. The van der Waals surface area contributed by atoms with Crippen LogP contribution in [-0.2, 0) is 4.79 Å². The third-order valence-corrected chi connectivity index (χ3v) is 5.54. The van der Waals surface area contributed by atoms with Crippen LogP contribution in [0.25, 0.3) is 10.9 Å². The molecular weight excluding hydrogens is 421 g/mol. The molecule has 0 aliphatic rings. The van der Waals surface area contributed by atoms with Crippen LogP contribution in [0, 0.1) is 6.92 Å². The fourth-order valence-corrected chi connectivity index (χ4v) is 3.42. The molecule has 2 aromatic rings. The second-order valence-corrected chi connectivity index (χ2v) is 7.75. The van der Waals surface area contributed by atoms with E-state index in [0.29, 0.717) is 29.6 Å². The predicted molar refractivity (Wildman–Crippen MR) is 134 cm³/mol. The van der Waals surface area contributed by atoms with Crippen LogP contribution in [0.15, 0.2) is 54.8 Å². The summed E-state index contributed by atoms with van der Waals surface area (Å²) in [5.74, 6) is -0.490. The zero-order valence-electron chi connectivity index (χ0n) is 19.9. The van der Waals surface area contributed by atoms with Crippen LogP contribution >= 0.6 is 0 Å². The molecule has 0 aliphatic carbocycles. The molecule has 1 unspecified atom stereocenters. The number of aromatic hydroxyl groups is 1. The summed E-state index contributed by atoms with van der Waals surface area (Å²) in [6.07, 6.45) is 6.30. The standard InChI is InChI=1S/C25H32FN3O2.CH2O/c1-7-18(4)29(6)23-19(5)21(24(30)22-20(23)9-8-13-27-22)25(31)28-14-12-16(2)10-11-17(3)15-26;1-2/h8-11,13,18,30H,2-3,7,12,14-15H2,1,4-6H3,(H,28,31);1H2/b11-10-;. The number of nitrogens with zero attached hydrogens (tertiary/aromatic N) is 2. The Kier molecular flexibility index (Phi) is 11.0. The molecule has 0 spiro atoms. The van der Waals surface area contributed by atoms with E-state index in [1.165, 1.54) is 0 Å². The van der Waals surface area contributed by atoms with Gasteiger partial charge in [-0.1, -0.05) is 37.8 Å². The van der Waals surface area contributed by atoms with E-state index in [9.17, 15) is 14.3 Å². The number of benzene rings is 1. The van der Waals surface area contributed by atoms with E-state index in [1.54, 1.807) is 18.3 Å². The first-order chi connectivity index (χ1) is 15.7. The molecule has 6 nitrogen and oxygen atoms in total. The number of pyridine rings is 1. The Hall–Kier alpha value is -3.48. The lowest BCUT2D eigenvalue weighted by Crippen LogP contribution is -2.31. The number of allylic oxidation sites excluding steroid dienone is 3. The lowest BCUT2D eigenvalue weighted by molar-refractivity contribution is -0.0980. The predicted octanol–water partition coefficient (Wildman–Crippen LogP) is 5.06. The molecular formula is C26H34FN3O3. The summed E-state index contributed by atoms with van der Waals surface area (Å²) in [6.45, 7) is 15.3. The summed E-state index contributed by atoms with van der Waals surface area (Å²) in [7, 11) is 1.99. The number of carbonyl (C=O) groups is 2. The Balaban J connectivity index is 0.00000265. The van der Waals surface area contributed by atoms with Crippen molar-refractivity contribution in [3.63, 3.8) is 0 Å². The van der Waals surface area contributed by atoms with Crippen LogP contribution < -0.4 is 10.2 Å². The summed E-state index contributed by atoms with van der Waals surface area (Å²) in [5.41, 5.74) is 3.33. The molecule has 2 rings (SSSR count). The van der Waals surface area contributed by atoms with Gasteiger partial charge in [0.15, 0.2) is 5.75 Å². The Bertz CT molecular complexity index is 1030. The molecule has 0 radical (unpaired) electrons. The molecule has 0 fully saturated rings. The van der Waals surface area contributed by atoms with Gasteiger partial charge in [0.05, 0.1) is 11.3 Å². The second-order valence-electron chi connectivity index (χ2n) is 7.75. The number of halogens is 1. The fourth-order valence-electron chi connectivity index (χ4n) is 3.42. The van der Waals surface area contributed by atoms with Gasteiger partial charge < -0.3 is 20.1 Å². The van der Waals surface area contributed by atoms with Gasteiger partial charge in [0, 0.05) is 31.2 Å². The summed E-state index contributed by atoms with van der Waals surface area (Å²) < 4.78 is 12.5. The van der Waals surface area contributed by atoms with E-state index in [-0.39, 0.29) is 23.3 Å². The van der Waals surface area contributed by atoms with E-state index < -0.39 is 6.67 Å². The Labute approximate surface area is 195 Å². The summed E-state index contributed by atoms with van der Waals surface area (Å²) in [4.78, 5) is 27.5. The zero-order valence-corrected chi connectivity index (χ0v) is 19.9. The van der Waals surface area contributed by atoms with E-state index in [4.69, 9.17) is 4.79 Å². The molecule has 2 N–H and O–H groups in total. The number of phenols is 1. The van der Waals surface area contributed by atoms with Gasteiger partial charge in [-0.05, 0) is 50.0 Å². The van der Waals surface area contributed by atoms with Crippen molar-refractivity contribution < 1.29 is 19.1 Å². The molecule has 0 saturated heterocycles. The Morgan fingerprint density at radius 1 is 1.30 bits per heavy atom. The van der Waals surface area contributed by atoms with Crippen LogP contribution in [0.5, 0.6) is 5.75 Å². The largest absolute Gasteiger partial charge is 0.505 e. The van der Waals surface area contributed by atoms with Crippen molar-refractivity contribution in [2.24, 2.45) is 0 Å². The van der Waals surface area contributed by atoms with Crippen molar-refractivity contribution in [3.8, 4) is 5.75 Å². The normalized spacial score (nSPS) is 11.5. The second kappa shape index (κ2) is 13.2. The fraction of sp³-hybridized carbons (Fsp3) is 0.346. The molecule has 1 heterocycles. The first-order valence-corrected chi connectivity index (χ1v) is 10.7. The van der Waals surface area contributed by atoms with Gasteiger partial charge in [-0.2, -0.15) is 0 Å². The molecule has 178 valence electrons. The molecule has 1 aromatic heterocycles. The van der Waals surface area contributed by atoms with Gasteiger partial charge in [-0.15, -0.1) is 0 Å². The van der Waals surface area contributed by atoms with Crippen LogP contribution in [0.2, 0.25) is 0 Å². The molecule has 0 saturated carbocycles. The minimum atomic E-state index is -0.609. The first kappa shape index (κ1) is 27.6. The highest BCUT2D eigenvalue weighted by atomic mass is 19.1. The van der Waals surface area contributed by atoms with Gasteiger partial charge >= 0.3 is 0 Å². The van der Waals surface area contributed by atoms with Crippen LogP contribution in [0.3, 0.4) is 0 Å². The van der Waals surface area contributed by atoms with Gasteiger partial charge in [-0.3, -0.25) is 9.78 Å². The average Bonchev–Trinajstić information content (AvgIpc) is 2.83.